The van der Waals surface area contributed by atoms with Crippen LogP contribution in [0.3, 0.4) is 0 Å². The van der Waals surface area contributed by atoms with Gasteiger partial charge >= 0.3 is 0 Å². The van der Waals surface area contributed by atoms with Gasteiger partial charge in [-0.25, -0.2) is 0 Å². The van der Waals surface area contributed by atoms with E-state index in [1.54, 1.807) is 12.1 Å². The van der Waals surface area contributed by atoms with E-state index in [1.165, 1.54) is 5.56 Å². The van der Waals surface area contributed by atoms with E-state index in [0.717, 1.165) is 57.9 Å². The largest absolute Gasteiger partial charge is 0.372 e. The molecular formula is C27H37ClN2O2. The van der Waals surface area contributed by atoms with E-state index >= 15 is 0 Å². The summed E-state index contributed by atoms with van der Waals surface area (Å²) in [4.78, 5) is 17.7. The van der Waals surface area contributed by atoms with Crippen molar-refractivity contribution in [1.29, 1.82) is 0 Å². The van der Waals surface area contributed by atoms with Crippen molar-refractivity contribution in [3.8, 4) is 0 Å². The highest BCUT2D eigenvalue weighted by Gasteiger charge is 2.24. The van der Waals surface area contributed by atoms with Crippen LogP contribution in [0.1, 0.15) is 49.2 Å². The number of rotatable bonds is 11. The maximum Gasteiger partial charge on any atom is 0.166 e. The van der Waals surface area contributed by atoms with Crippen LogP contribution in [-0.2, 0) is 4.74 Å². The van der Waals surface area contributed by atoms with Gasteiger partial charge in [-0.1, -0.05) is 62.7 Å². The fourth-order valence-corrected chi connectivity index (χ4v) is 4.25. The summed E-state index contributed by atoms with van der Waals surface area (Å²) in [7, 11) is 0. The third kappa shape index (κ3) is 7.70. The Morgan fingerprint density at radius 2 is 1.50 bits per heavy atom. The van der Waals surface area contributed by atoms with Crippen molar-refractivity contribution < 1.29 is 9.53 Å². The normalized spacial score (nSPS) is 17.4. The van der Waals surface area contributed by atoms with Crippen LogP contribution in [0.5, 0.6) is 0 Å². The van der Waals surface area contributed by atoms with E-state index < -0.39 is 0 Å². The van der Waals surface area contributed by atoms with E-state index in [2.05, 4.69) is 54.0 Å². The van der Waals surface area contributed by atoms with Crippen molar-refractivity contribution in [1.82, 2.24) is 9.80 Å². The summed E-state index contributed by atoms with van der Waals surface area (Å²) in [5, 5.41) is 0.660. The molecule has 5 heteroatoms. The molecule has 2 unspecified atom stereocenters. The number of ketones is 1. The molecule has 2 atom stereocenters. The molecule has 1 saturated heterocycles. The minimum atomic E-state index is -0.0286. The summed E-state index contributed by atoms with van der Waals surface area (Å²) in [5.74, 6) is 0.804. The molecule has 0 radical (unpaired) electrons. The van der Waals surface area contributed by atoms with Crippen molar-refractivity contribution in [2.45, 2.75) is 33.3 Å². The monoisotopic (exact) mass is 456 g/mol. The van der Waals surface area contributed by atoms with E-state index in [0.29, 0.717) is 10.9 Å². The zero-order chi connectivity index (χ0) is 22.9. The second-order valence-electron chi connectivity index (χ2n) is 9.33. The Bertz CT molecular complexity index is 817. The number of Topliss-reactive ketones (excluding diaryl/α,β-unsaturated/α-hetero) is 1. The predicted octanol–water partition coefficient (Wildman–Crippen LogP) is 5.58. The Morgan fingerprint density at radius 1 is 0.906 bits per heavy atom. The zero-order valence-corrected chi connectivity index (χ0v) is 20.4. The maximum absolute atomic E-state index is 12.7. The maximum atomic E-state index is 12.7. The molecule has 0 saturated carbocycles. The number of hydrogen-bond acceptors (Lipinski definition) is 4. The molecule has 2 aromatic carbocycles. The molecule has 4 nitrogen and oxygen atoms in total. The number of piperazine rings is 1. The summed E-state index contributed by atoms with van der Waals surface area (Å²) in [6, 6.07) is 17.8. The van der Waals surface area contributed by atoms with E-state index in [1.807, 2.05) is 19.1 Å². The molecule has 3 rings (SSSR count). The van der Waals surface area contributed by atoms with Gasteiger partial charge in [0.05, 0.1) is 6.10 Å². The molecular weight excluding hydrogens is 420 g/mol. The summed E-state index contributed by atoms with van der Waals surface area (Å²) in [6.07, 6.45) is 1.18. The first-order chi connectivity index (χ1) is 15.4. The number of halogens is 1. The molecule has 0 amide bonds. The molecule has 0 spiro atoms. The molecule has 1 aliphatic rings. The van der Waals surface area contributed by atoms with Gasteiger partial charge in [-0.15, -0.1) is 0 Å². The molecule has 0 N–H and O–H groups in total. The van der Waals surface area contributed by atoms with Crippen LogP contribution >= 0.6 is 11.6 Å². The highest BCUT2D eigenvalue weighted by Crippen LogP contribution is 2.21. The summed E-state index contributed by atoms with van der Waals surface area (Å²) in [5.41, 5.74) is 1.99. The van der Waals surface area contributed by atoms with Crippen LogP contribution in [0.15, 0.2) is 54.6 Å². The van der Waals surface area contributed by atoms with Crippen molar-refractivity contribution in [3.63, 3.8) is 0 Å². The van der Waals surface area contributed by atoms with Crippen molar-refractivity contribution >= 4 is 17.4 Å². The first-order valence-electron chi connectivity index (χ1n) is 11.8. The van der Waals surface area contributed by atoms with Crippen LogP contribution in [0.2, 0.25) is 5.02 Å². The average Bonchev–Trinajstić information content (AvgIpc) is 2.80. The quantitative estimate of drug-likeness (QED) is 0.413. The zero-order valence-electron chi connectivity index (χ0n) is 19.7. The second kappa shape index (κ2) is 12.5. The SMILES string of the molecule is CC(C)CCOC(CN1CCN(CC(C)C(=O)c2ccc(Cl)cc2)CC1)c1ccccc1. The summed E-state index contributed by atoms with van der Waals surface area (Å²) >= 11 is 5.95. The van der Waals surface area contributed by atoms with Crippen LogP contribution < -0.4 is 0 Å². The highest BCUT2D eigenvalue weighted by atomic mass is 35.5. The van der Waals surface area contributed by atoms with E-state index in [-0.39, 0.29) is 17.8 Å². The second-order valence-corrected chi connectivity index (χ2v) is 9.76. The summed E-state index contributed by atoms with van der Waals surface area (Å²) in [6.45, 7) is 12.9. The third-order valence-corrected chi connectivity index (χ3v) is 6.43. The van der Waals surface area contributed by atoms with E-state index in [4.69, 9.17) is 16.3 Å². The Balaban J connectivity index is 1.48. The number of carbonyl (C=O) groups excluding carboxylic acids is 1. The van der Waals surface area contributed by atoms with Gasteiger partial charge in [-0.3, -0.25) is 9.69 Å². The Labute approximate surface area is 198 Å². The molecule has 1 fully saturated rings. The van der Waals surface area contributed by atoms with Crippen LogP contribution in [0, 0.1) is 11.8 Å². The smallest absolute Gasteiger partial charge is 0.166 e. The Hall–Kier alpha value is -1.72. The lowest BCUT2D eigenvalue weighted by Gasteiger charge is -2.37. The third-order valence-electron chi connectivity index (χ3n) is 6.18. The first kappa shape index (κ1) is 24.9. The lowest BCUT2D eigenvalue weighted by molar-refractivity contribution is 0.00702. The molecule has 1 aliphatic heterocycles. The van der Waals surface area contributed by atoms with E-state index in [9.17, 15) is 4.79 Å². The lowest BCUT2D eigenvalue weighted by atomic mass is 9.98. The van der Waals surface area contributed by atoms with Gasteiger partial charge in [0.2, 0.25) is 0 Å². The fourth-order valence-electron chi connectivity index (χ4n) is 4.13. The number of benzene rings is 2. The van der Waals surface area contributed by atoms with Crippen LogP contribution in [0.4, 0.5) is 0 Å². The van der Waals surface area contributed by atoms with Gasteiger partial charge in [0.25, 0.3) is 0 Å². The number of hydrogen-bond donors (Lipinski definition) is 0. The fraction of sp³-hybridized carbons (Fsp3) is 0.519. The number of ether oxygens (including phenoxy) is 1. The Kier molecular flexibility index (Phi) is 9.73. The number of nitrogens with zero attached hydrogens (tertiary/aromatic N) is 2. The predicted molar refractivity (Wildman–Crippen MR) is 132 cm³/mol. The van der Waals surface area contributed by atoms with Gasteiger partial charge in [-0.05, 0) is 42.2 Å². The molecule has 2 aromatic rings. The highest BCUT2D eigenvalue weighted by molar-refractivity contribution is 6.30. The average molecular weight is 457 g/mol. The van der Waals surface area contributed by atoms with Gasteiger partial charge in [0, 0.05) is 62.4 Å². The van der Waals surface area contributed by atoms with Crippen molar-refractivity contribution in [2.24, 2.45) is 11.8 Å². The topological polar surface area (TPSA) is 32.8 Å². The molecule has 1 heterocycles. The first-order valence-corrected chi connectivity index (χ1v) is 12.2. The molecule has 0 aliphatic carbocycles. The minimum Gasteiger partial charge on any atom is -0.372 e. The van der Waals surface area contributed by atoms with Gasteiger partial charge < -0.3 is 9.64 Å². The molecule has 32 heavy (non-hydrogen) atoms. The standard InChI is InChI=1S/C27H37ClN2O2/c1-21(2)13-18-32-26(23-7-5-4-6-8-23)20-30-16-14-29(15-17-30)19-22(3)27(31)24-9-11-25(28)12-10-24/h4-12,21-22,26H,13-20H2,1-3H3. The van der Waals surface area contributed by atoms with Crippen LogP contribution in [-0.4, -0.2) is 61.5 Å². The number of carbonyl (C=O) groups is 1. The minimum absolute atomic E-state index is 0.0286. The molecule has 174 valence electrons. The lowest BCUT2D eigenvalue weighted by Crippen LogP contribution is -2.49. The molecule has 0 bridgehead atoms. The van der Waals surface area contributed by atoms with Gasteiger partial charge in [0.15, 0.2) is 5.78 Å². The van der Waals surface area contributed by atoms with Gasteiger partial charge in [0.1, 0.15) is 0 Å². The van der Waals surface area contributed by atoms with Gasteiger partial charge in [-0.2, -0.15) is 0 Å². The Morgan fingerprint density at radius 3 is 2.09 bits per heavy atom. The molecule has 0 aromatic heterocycles. The van der Waals surface area contributed by atoms with Crippen molar-refractivity contribution in [2.75, 3.05) is 45.9 Å². The van der Waals surface area contributed by atoms with Crippen LogP contribution in [0.25, 0.3) is 0 Å². The summed E-state index contributed by atoms with van der Waals surface area (Å²) < 4.78 is 6.31. The van der Waals surface area contributed by atoms with Crippen molar-refractivity contribution in [3.05, 3.63) is 70.7 Å².